The van der Waals surface area contributed by atoms with Gasteiger partial charge in [0.05, 0.1) is 0 Å². The largest absolute Gasteiger partial charge is 0.327 e. The lowest BCUT2D eigenvalue weighted by atomic mass is 9.53. The Balaban J connectivity index is 1.46. The molecule has 3 rings (SSSR count). The summed E-state index contributed by atoms with van der Waals surface area (Å²) in [5.41, 5.74) is 6.99. The zero-order chi connectivity index (χ0) is 20.1. The van der Waals surface area contributed by atoms with Gasteiger partial charge in [-0.25, -0.2) is 0 Å². The van der Waals surface area contributed by atoms with Gasteiger partial charge in [-0.2, -0.15) is 0 Å². The molecule has 2 heteroatoms. The Bertz CT molecular complexity index is 447. The molecular weight excluding hydrogens is 340 g/mol. The third kappa shape index (κ3) is 5.54. The summed E-state index contributed by atoms with van der Waals surface area (Å²) in [5, 5.41) is 3.90. The van der Waals surface area contributed by atoms with Gasteiger partial charge in [0.25, 0.3) is 0 Å². The van der Waals surface area contributed by atoms with Crippen LogP contribution < -0.4 is 11.1 Å². The highest BCUT2D eigenvalue weighted by Gasteiger charge is 2.48. The SMILES string of the molecule is CC(C)CCC(N)CNC(C)C1(C2CCC(C3CCCC(C)C3)CC2)CCC1. The third-order valence-corrected chi connectivity index (χ3v) is 9.18. The van der Waals surface area contributed by atoms with Gasteiger partial charge in [0.15, 0.2) is 0 Å². The summed E-state index contributed by atoms with van der Waals surface area (Å²) in [6.07, 6.45) is 18.8. The number of hydrogen-bond donors (Lipinski definition) is 2. The Morgan fingerprint density at radius 1 is 0.893 bits per heavy atom. The number of nitrogens with two attached hydrogens (primary N) is 1. The summed E-state index contributed by atoms with van der Waals surface area (Å²) in [7, 11) is 0. The molecule has 2 nitrogen and oxygen atoms in total. The normalized spacial score (nSPS) is 35.4. The topological polar surface area (TPSA) is 38.0 Å². The molecule has 0 aromatic heterocycles. The van der Waals surface area contributed by atoms with E-state index in [-0.39, 0.29) is 0 Å². The summed E-state index contributed by atoms with van der Waals surface area (Å²) in [6, 6.07) is 0.966. The zero-order valence-electron chi connectivity index (χ0n) is 19.5. The van der Waals surface area contributed by atoms with Crippen LogP contribution >= 0.6 is 0 Å². The van der Waals surface area contributed by atoms with Crippen LogP contribution in [0.15, 0.2) is 0 Å². The Labute approximate surface area is 176 Å². The van der Waals surface area contributed by atoms with Gasteiger partial charge in [-0.1, -0.05) is 46.5 Å². The lowest BCUT2D eigenvalue weighted by Gasteiger charge is -2.54. The van der Waals surface area contributed by atoms with Crippen molar-refractivity contribution in [2.24, 2.45) is 40.7 Å². The summed E-state index contributed by atoms with van der Waals surface area (Å²) in [6.45, 7) is 10.6. The smallest absolute Gasteiger partial charge is 0.0165 e. The monoisotopic (exact) mass is 390 g/mol. The van der Waals surface area contributed by atoms with Gasteiger partial charge in [0.2, 0.25) is 0 Å². The molecule has 0 aliphatic heterocycles. The van der Waals surface area contributed by atoms with E-state index in [4.69, 9.17) is 5.73 Å². The average Bonchev–Trinajstić information content (AvgIpc) is 2.64. The van der Waals surface area contributed by atoms with E-state index >= 15 is 0 Å². The molecule has 0 aromatic carbocycles. The van der Waals surface area contributed by atoms with Crippen molar-refractivity contribution in [3.63, 3.8) is 0 Å². The highest BCUT2D eigenvalue weighted by atomic mass is 15.0. The first-order valence-corrected chi connectivity index (χ1v) is 12.9. The van der Waals surface area contributed by atoms with E-state index in [1.807, 2.05) is 0 Å². The summed E-state index contributed by atoms with van der Waals surface area (Å²) >= 11 is 0. The van der Waals surface area contributed by atoms with E-state index in [0.717, 1.165) is 42.6 Å². The van der Waals surface area contributed by atoms with Crippen molar-refractivity contribution in [3.05, 3.63) is 0 Å². The van der Waals surface area contributed by atoms with E-state index in [1.165, 1.54) is 77.0 Å². The lowest BCUT2D eigenvalue weighted by Crippen LogP contribution is -2.54. The standard InChI is InChI=1S/C26H50N2/c1-19(2)9-14-25(27)18-28-21(4)26(15-6-16-26)24-12-10-22(11-13-24)23-8-5-7-20(3)17-23/h19-25,28H,5-18,27H2,1-4H3. The quantitative estimate of drug-likeness (QED) is 0.469. The maximum Gasteiger partial charge on any atom is 0.0165 e. The average molecular weight is 391 g/mol. The van der Waals surface area contributed by atoms with Crippen LogP contribution in [0.2, 0.25) is 0 Å². The van der Waals surface area contributed by atoms with E-state index in [1.54, 1.807) is 0 Å². The molecule has 0 spiro atoms. The van der Waals surface area contributed by atoms with Crippen LogP contribution in [0.25, 0.3) is 0 Å². The fourth-order valence-corrected chi connectivity index (χ4v) is 7.04. The van der Waals surface area contributed by atoms with Gasteiger partial charge in [-0.05, 0) is 99.7 Å². The Morgan fingerprint density at radius 2 is 1.61 bits per heavy atom. The van der Waals surface area contributed by atoms with Crippen molar-refractivity contribution in [1.82, 2.24) is 5.32 Å². The molecule has 4 unspecified atom stereocenters. The van der Waals surface area contributed by atoms with Crippen LogP contribution in [0.3, 0.4) is 0 Å². The molecule has 0 aromatic rings. The Hall–Kier alpha value is -0.0800. The minimum Gasteiger partial charge on any atom is -0.327 e. The Kier molecular flexibility index (Phi) is 8.31. The fourth-order valence-electron chi connectivity index (χ4n) is 7.04. The molecule has 0 radical (unpaired) electrons. The van der Waals surface area contributed by atoms with Gasteiger partial charge < -0.3 is 11.1 Å². The molecule has 3 aliphatic carbocycles. The second-order valence-electron chi connectivity index (χ2n) is 11.6. The van der Waals surface area contributed by atoms with Crippen LogP contribution in [0.4, 0.5) is 0 Å². The molecule has 3 saturated carbocycles. The summed E-state index contributed by atoms with van der Waals surface area (Å²) in [4.78, 5) is 0. The molecule has 0 bridgehead atoms. The van der Waals surface area contributed by atoms with Crippen LogP contribution in [-0.4, -0.2) is 18.6 Å². The summed E-state index contributed by atoms with van der Waals surface area (Å²) < 4.78 is 0. The molecule has 0 amide bonds. The minimum absolute atomic E-state index is 0.325. The molecule has 3 aliphatic rings. The van der Waals surface area contributed by atoms with Crippen molar-refractivity contribution in [3.8, 4) is 0 Å². The number of hydrogen-bond acceptors (Lipinski definition) is 2. The first-order chi connectivity index (χ1) is 13.4. The maximum absolute atomic E-state index is 6.40. The lowest BCUT2D eigenvalue weighted by molar-refractivity contribution is -0.0222. The predicted octanol–water partition coefficient (Wildman–Crippen LogP) is 6.53. The van der Waals surface area contributed by atoms with E-state index in [0.29, 0.717) is 17.5 Å². The minimum atomic E-state index is 0.325. The van der Waals surface area contributed by atoms with Gasteiger partial charge in [-0.15, -0.1) is 0 Å². The van der Waals surface area contributed by atoms with Gasteiger partial charge >= 0.3 is 0 Å². The molecule has 0 saturated heterocycles. The van der Waals surface area contributed by atoms with E-state index in [2.05, 4.69) is 33.0 Å². The molecular formula is C26H50N2. The van der Waals surface area contributed by atoms with Crippen LogP contribution in [0.5, 0.6) is 0 Å². The molecule has 164 valence electrons. The van der Waals surface area contributed by atoms with Crippen LogP contribution in [-0.2, 0) is 0 Å². The molecule has 4 atom stereocenters. The van der Waals surface area contributed by atoms with Crippen molar-refractivity contribution < 1.29 is 0 Å². The van der Waals surface area contributed by atoms with Crippen molar-refractivity contribution in [1.29, 1.82) is 0 Å². The predicted molar refractivity (Wildman–Crippen MR) is 122 cm³/mol. The molecule has 3 fully saturated rings. The van der Waals surface area contributed by atoms with Crippen LogP contribution in [0.1, 0.15) is 111 Å². The van der Waals surface area contributed by atoms with Crippen molar-refractivity contribution in [2.75, 3.05) is 6.54 Å². The highest BCUT2D eigenvalue weighted by Crippen LogP contribution is 2.56. The van der Waals surface area contributed by atoms with Crippen LogP contribution in [0, 0.1) is 35.0 Å². The molecule has 28 heavy (non-hydrogen) atoms. The number of rotatable bonds is 9. The summed E-state index contributed by atoms with van der Waals surface area (Å²) in [5.74, 6) is 4.82. The fraction of sp³-hybridized carbons (Fsp3) is 1.00. The second-order valence-corrected chi connectivity index (χ2v) is 11.6. The van der Waals surface area contributed by atoms with Crippen molar-refractivity contribution >= 4 is 0 Å². The third-order valence-electron chi connectivity index (χ3n) is 9.18. The van der Waals surface area contributed by atoms with E-state index < -0.39 is 0 Å². The maximum atomic E-state index is 6.40. The first kappa shape index (κ1) is 22.6. The second kappa shape index (κ2) is 10.3. The number of nitrogens with one attached hydrogen (secondary N) is 1. The van der Waals surface area contributed by atoms with E-state index in [9.17, 15) is 0 Å². The Morgan fingerprint density at radius 3 is 2.18 bits per heavy atom. The highest BCUT2D eigenvalue weighted by molar-refractivity contribution is 5.01. The zero-order valence-corrected chi connectivity index (χ0v) is 19.5. The van der Waals surface area contributed by atoms with Gasteiger partial charge in [0.1, 0.15) is 0 Å². The van der Waals surface area contributed by atoms with Crippen molar-refractivity contribution in [2.45, 2.75) is 123 Å². The molecule has 0 heterocycles. The van der Waals surface area contributed by atoms with Gasteiger partial charge in [-0.3, -0.25) is 0 Å². The van der Waals surface area contributed by atoms with Gasteiger partial charge in [0, 0.05) is 18.6 Å². The first-order valence-electron chi connectivity index (χ1n) is 12.9. The molecule has 3 N–H and O–H groups in total.